The minimum atomic E-state index is -4.40. The molecule has 0 saturated carbocycles. The van der Waals surface area contributed by atoms with Crippen LogP contribution in [0.15, 0.2) is 12.7 Å². The summed E-state index contributed by atoms with van der Waals surface area (Å²) in [6, 6.07) is -0.970. The Balaban J connectivity index is 4.39. The lowest BCUT2D eigenvalue weighted by Gasteiger charge is -2.24. The molecule has 0 aliphatic rings. The van der Waals surface area contributed by atoms with Gasteiger partial charge in [0.15, 0.2) is 0 Å². The lowest BCUT2D eigenvalue weighted by atomic mass is 10.1. The van der Waals surface area contributed by atoms with Crippen molar-refractivity contribution in [2.24, 2.45) is 0 Å². The van der Waals surface area contributed by atoms with Crippen molar-refractivity contribution in [2.45, 2.75) is 45.0 Å². The van der Waals surface area contributed by atoms with Gasteiger partial charge in [-0.15, -0.1) is 6.58 Å². The van der Waals surface area contributed by atoms with Gasteiger partial charge in [0.05, 0.1) is 13.1 Å². The fourth-order valence-electron chi connectivity index (χ4n) is 1.32. The summed E-state index contributed by atoms with van der Waals surface area (Å²) in [6.45, 7) is 6.64. The monoisotopic (exact) mass is 310 g/mol. The molecule has 8 heteroatoms. The van der Waals surface area contributed by atoms with Gasteiger partial charge in [0.25, 0.3) is 0 Å². The molecule has 0 spiro atoms. The number of carbonyl (C=O) groups is 2. The Morgan fingerprint density at radius 2 is 1.86 bits per heavy atom. The van der Waals surface area contributed by atoms with Crippen LogP contribution in [0.2, 0.25) is 0 Å². The first-order valence-electron chi connectivity index (χ1n) is 6.35. The summed E-state index contributed by atoms with van der Waals surface area (Å²) in [6.07, 6.45) is -2.86. The van der Waals surface area contributed by atoms with Crippen molar-refractivity contribution in [1.82, 2.24) is 10.6 Å². The maximum atomic E-state index is 11.9. The highest BCUT2D eigenvalue weighted by molar-refractivity contribution is 5.85. The molecule has 0 aliphatic carbocycles. The zero-order valence-electron chi connectivity index (χ0n) is 12.3. The second-order valence-corrected chi connectivity index (χ2v) is 5.40. The van der Waals surface area contributed by atoms with E-state index in [2.05, 4.69) is 11.9 Å². The molecule has 1 atom stereocenters. The van der Waals surface area contributed by atoms with Gasteiger partial charge >= 0.3 is 12.1 Å². The van der Waals surface area contributed by atoms with E-state index in [0.717, 1.165) is 0 Å². The Morgan fingerprint density at radius 1 is 1.29 bits per heavy atom. The molecule has 2 N–H and O–H groups in total. The molecule has 0 aromatic heterocycles. The highest BCUT2D eigenvalue weighted by atomic mass is 19.4. The molecule has 0 rings (SSSR count). The number of hydrogen-bond donors (Lipinski definition) is 2. The predicted octanol–water partition coefficient (Wildman–Crippen LogP) is 1.54. The Labute approximate surface area is 121 Å². The van der Waals surface area contributed by atoms with E-state index >= 15 is 0 Å². The van der Waals surface area contributed by atoms with Crippen LogP contribution < -0.4 is 10.6 Å². The predicted molar refractivity (Wildman–Crippen MR) is 71.5 cm³/mol. The Bertz CT molecular complexity index is 376. The average Bonchev–Trinajstić information content (AvgIpc) is 2.24. The SMILES string of the molecule is C=CCC(NC(=O)CNCC(F)(F)F)C(=O)OC(C)(C)C. The molecule has 1 amide bonds. The number of carbonyl (C=O) groups excluding carboxylic acids is 2. The van der Waals surface area contributed by atoms with E-state index in [1.54, 1.807) is 20.8 Å². The third-order valence-electron chi connectivity index (χ3n) is 2.04. The summed E-state index contributed by atoms with van der Waals surface area (Å²) in [7, 11) is 0. The summed E-state index contributed by atoms with van der Waals surface area (Å²) < 4.78 is 40.9. The molecule has 1 unspecified atom stereocenters. The average molecular weight is 310 g/mol. The van der Waals surface area contributed by atoms with Gasteiger partial charge in [0.1, 0.15) is 11.6 Å². The molecule has 0 saturated heterocycles. The van der Waals surface area contributed by atoms with Gasteiger partial charge in [0, 0.05) is 0 Å². The first-order chi connectivity index (χ1) is 9.44. The standard InChI is InChI=1S/C13H21F3N2O3/c1-5-6-9(11(20)21-12(2,3)4)18-10(19)7-17-8-13(14,15)16/h5,9,17H,1,6-8H2,2-4H3,(H,18,19). The molecule has 0 radical (unpaired) electrons. The van der Waals surface area contributed by atoms with Crippen molar-refractivity contribution in [3.05, 3.63) is 12.7 Å². The van der Waals surface area contributed by atoms with Crippen molar-refractivity contribution in [3.8, 4) is 0 Å². The highest BCUT2D eigenvalue weighted by Crippen LogP contribution is 2.12. The number of alkyl halides is 3. The maximum absolute atomic E-state index is 11.9. The van der Waals surface area contributed by atoms with Gasteiger partial charge in [-0.05, 0) is 27.2 Å². The van der Waals surface area contributed by atoms with Crippen molar-refractivity contribution in [3.63, 3.8) is 0 Å². The van der Waals surface area contributed by atoms with Crippen molar-refractivity contribution in [1.29, 1.82) is 0 Å². The topological polar surface area (TPSA) is 67.4 Å². The quantitative estimate of drug-likeness (QED) is 0.553. The first kappa shape index (κ1) is 19.4. The van der Waals surface area contributed by atoms with Crippen LogP contribution in [0.5, 0.6) is 0 Å². The molecule has 5 nitrogen and oxygen atoms in total. The van der Waals surface area contributed by atoms with Gasteiger partial charge in [-0.2, -0.15) is 13.2 Å². The van der Waals surface area contributed by atoms with E-state index in [0.29, 0.717) is 0 Å². The summed E-state index contributed by atoms with van der Waals surface area (Å²) in [5, 5.41) is 4.26. The fourth-order valence-corrected chi connectivity index (χ4v) is 1.32. The van der Waals surface area contributed by atoms with Crippen LogP contribution in [0.25, 0.3) is 0 Å². The first-order valence-corrected chi connectivity index (χ1v) is 6.35. The summed E-state index contributed by atoms with van der Waals surface area (Å²) in [5.74, 6) is -1.39. The second kappa shape index (κ2) is 8.02. The Hall–Kier alpha value is -1.57. The molecule has 0 bridgehead atoms. The van der Waals surface area contributed by atoms with E-state index in [4.69, 9.17) is 4.74 Å². The number of ether oxygens (including phenoxy) is 1. The van der Waals surface area contributed by atoms with Crippen LogP contribution in [0.4, 0.5) is 13.2 Å². The van der Waals surface area contributed by atoms with Crippen molar-refractivity contribution in [2.75, 3.05) is 13.1 Å². The lowest BCUT2D eigenvalue weighted by Crippen LogP contribution is -2.47. The van der Waals surface area contributed by atoms with Crippen LogP contribution in [0.3, 0.4) is 0 Å². The third-order valence-corrected chi connectivity index (χ3v) is 2.04. The van der Waals surface area contributed by atoms with Crippen LogP contribution in [-0.4, -0.2) is 42.8 Å². The number of nitrogens with one attached hydrogen (secondary N) is 2. The summed E-state index contributed by atoms with van der Waals surface area (Å²) in [4.78, 5) is 23.3. The Morgan fingerprint density at radius 3 is 2.29 bits per heavy atom. The van der Waals surface area contributed by atoms with E-state index in [1.165, 1.54) is 6.08 Å². The number of halogens is 3. The molecule has 0 fully saturated rings. The summed E-state index contributed by atoms with van der Waals surface area (Å²) in [5.41, 5.74) is -0.726. The number of hydrogen-bond acceptors (Lipinski definition) is 4. The lowest BCUT2D eigenvalue weighted by molar-refractivity contribution is -0.158. The minimum absolute atomic E-state index is 0.125. The summed E-state index contributed by atoms with van der Waals surface area (Å²) >= 11 is 0. The largest absolute Gasteiger partial charge is 0.458 e. The Kier molecular flexibility index (Phi) is 7.42. The van der Waals surface area contributed by atoms with Gasteiger partial charge in [0.2, 0.25) is 5.91 Å². The normalized spacial score (nSPS) is 13.4. The zero-order valence-corrected chi connectivity index (χ0v) is 12.3. The molecule has 0 aromatic carbocycles. The molecular formula is C13H21F3N2O3. The van der Waals surface area contributed by atoms with E-state index < -0.39 is 42.8 Å². The molecule has 21 heavy (non-hydrogen) atoms. The molecule has 0 aliphatic heterocycles. The minimum Gasteiger partial charge on any atom is -0.458 e. The molecule has 0 heterocycles. The third kappa shape index (κ3) is 10.8. The van der Waals surface area contributed by atoms with Gasteiger partial charge < -0.3 is 15.4 Å². The van der Waals surface area contributed by atoms with Crippen molar-refractivity contribution >= 4 is 11.9 Å². The van der Waals surface area contributed by atoms with E-state index in [-0.39, 0.29) is 6.42 Å². The number of rotatable bonds is 7. The van der Waals surface area contributed by atoms with Gasteiger partial charge in [-0.25, -0.2) is 4.79 Å². The maximum Gasteiger partial charge on any atom is 0.401 e. The number of esters is 1. The molecular weight excluding hydrogens is 289 g/mol. The highest BCUT2D eigenvalue weighted by Gasteiger charge is 2.28. The van der Waals surface area contributed by atoms with Gasteiger partial charge in [-0.1, -0.05) is 6.08 Å². The molecule has 122 valence electrons. The number of amides is 1. The smallest absolute Gasteiger partial charge is 0.401 e. The van der Waals surface area contributed by atoms with Gasteiger partial charge in [-0.3, -0.25) is 4.79 Å². The zero-order chi connectivity index (χ0) is 16.7. The van der Waals surface area contributed by atoms with E-state index in [9.17, 15) is 22.8 Å². The molecule has 0 aromatic rings. The van der Waals surface area contributed by atoms with Crippen LogP contribution in [0, 0.1) is 0 Å². The van der Waals surface area contributed by atoms with E-state index in [1.807, 2.05) is 5.32 Å². The second-order valence-electron chi connectivity index (χ2n) is 5.40. The van der Waals surface area contributed by atoms with Crippen LogP contribution >= 0.6 is 0 Å². The van der Waals surface area contributed by atoms with Crippen LogP contribution in [0.1, 0.15) is 27.2 Å². The van der Waals surface area contributed by atoms with Crippen molar-refractivity contribution < 1.29 is 27.5 Å². The fraction of sp³-hybridized carbons (Fsp3) is 0.692. The van der Waals surface area contributed by atoms with Crippen LogP contribution in [-0.2, 0) is 14.3 Å².